The van der Waals surface area contributed by atoms with Crippen LogP contribution in [0.15, 0.2) is 24.3 Å². The molecule has 0 aliphatic heterocycles. The number of nitrogens with zero attached hydrogens (tertiary/aromatic N) is 1. The summed E-state index contributed by atoms with van der Waals surface area (Å²) in [5.41, 5.74) is 1.95. The largest absolute Gasteiger partial charge is 0.346 e. The molecule has 3 atom stereocenters. The molecule has 3 rings (SSSR count). The van der Waals surface area contributed by atoms with Gasteiger partial charge in [-0.3, -0.25) is 4.79 Å². The van der Waals surface area contributed by atoms with Gasteiger partial charge < -0.3 is 10.3 Å². The maximum absolute atomic E-state index is 11.9. The zero-order valence-corrected chi connectivity index (χ0v) is 10.6. The molecule has 1 aromatic heterocycles. The molecule has 4 nitrogen and oxygen atoms in total. The molecule has 2 aromatic rings. The topological polar surface area (TPSA) is 57.8 Å². The number of nitrogens with one attached hydrogen (secondary N) is 2. The predicted octanol–water partition coefficient (Wildman–Crippen LogP) is 2.40. The molecule has 1 aliphatic carbocycles. The quantitative estimate of drug-likeness (QED) is 0.869. The van der Waals surface area contributed by atoms with Gasteiger partial charge in [0.05, 0.1) is 17.1 Å². The molecule has 2 N–H and O–H groups in total. The SMILES string of the molecule is CC(NC(=O)C1CC1C)c1nc2ccccc2[nH]1. The second-order valence-electron chi connectivity index (χ2n) is 5.19. The molecule has 1 aromatic carbocycles. The maximum Gasteiger partial charge on any atom is 0.223 e. The highest BCUT2D eigenvalue weighted by Crippen LogP contribution is 2.38. The second kappa shape index (κ2) is 4.12. The minimum atomic E-state index is -0.0716. The average molecular weight is 243 g/mol. The number of imidazole rings is 1. The summed E-state index contributed by atoms with van der Waals surface area (Å²) >= 11 is 0. The molecule has 4 heteroatoms. The molecule has 0 spiro atoms. The molecule has 1 heterocycles. The molecular weight excluding hydrogens is 226 g/mol. The van der Waals surface area contributed by atoms with Gasteiger partial charge >= 0.3 is 0 Å². The first-order chi connectivity index (χ1) is 8.65. The number of carbonyl (C=O) groups excluding carboxylic acids is 1. The standard InChI is InChI=1S/C14H17N3O/c1-8-7-10(8)14(18)15-9(2)13-16-11-5-3-4-6-12(11)17-13/h3-6,8-10H,7H2,1-2H3,(H,15,18)(H,16,17). The van der Waals surface area contributed by atoms with Crippen LogP contribution in [0.1, 0.15) is 32.1 Å². The normalized spacial score (nSPS) is 23.9. The minimum absolute atomic E-state index is 0.0716. The van der Waals surface area contributed by atoms with Crippen LogP contribution < -0.4 is 5.32 Å². The Bertz CT molecular complexity index is 556. The molecule has 94 valence electrons. The second-order valence-corrected chi connectivity index (χ2v) is 5.19. The highest BCUT2D eigenvalue weighted by molar-refractivity contribution is 5.82. The van der Waals surface area contributed by atoms with Crippen LogP contribution in [0.25, 0.3) is 11.0 Å². The van der Waals surface area contributed by atoms with E-state index in [4.69, 9.17) is 0 Å². The van der Waals surface area contributed by atoms with Gasteiger partial charge in [0.25, 0.3) is 0 Å². The summed E-state index contributed by atoms with van der Waals surface area (Å²) in [7, 11) is 0. The number of rotatable bonds is 3. The van der Waals surface area contributed by atoms with E-state index in [9.17, 15) is 4.79 Å². The number of benzene rings is 1. The Morgan fingerprint density at radius 3 is 2.89 bits per heavy atom. The van der Waals surface area contributed by atoms with Crippen molar-refractivity contribution in [2.24, 2.45) is 11.8 Å². The van der Waals surface area contributed by atoms with Gasteiger partial charge in [-0.15, -0.1) is 0 Å². The summed E-state index contributed by atoms with van der Waals surface area (Å²) in [6.07, 6.45) is 1.01. The Kier molecular flexibility index (Phi) is 2.58. The van der Waals surface area contributed by atoms with E-state index in [1.54, 1.807) is 0 Å². The van der Waals surface area contributed by atoms with Crippen LogP contribution in [0.5, 0.6) is 0 Å². The van der Waals surface area contributed by atoms with Crippen LogP contribution >= 0.6 is 0 Å². The molecule has 1 fully saturated rings. The van der Waals surface area contributed by atoms with E-state index in [2.05, 4.69) is 22.2 Å². The predicted molar refractivity (Wildman–Crippen MR) is 69.9 cm³/mol. The highest BCUT2D eigenvalue weighted by atomic mass is 16.2. The fourth-order valence-corrected chi connectivity index (χ4v) is 2.25. The number of aromatic nitrogens is 2. The fourth-order valence-electron chi connectivity index (χ4n) is 2.25. The lowest BCUT2D eigenvalue weighted by Gasteiger charge is -2.10. The lowest BCUT2D eigenvalue weighted by Crippen LogP contribution is -2.29. The molecule has 1 aliphatic rings. The van der Waals surface area contributed by atoms with E-state index in [1.807, 2.05) is 31.2 Å². The Balaban J connectivity index is 1.75. The van der Waals surface area contributed by atoms with Gasteiger partial charge in [0, 0.05) is 5.92 Å². The van der Waals surface area contributed by atoms with E-state index < -0.39 is 0 Å². The summed E-state index contributed by atoms with van der Waals surface area (Å²) in [5, 5.41) is 3.02. The summed E-state index contributed by atoms with van der Waals surface area (Å²) < 4.78 is 0. The summed E-state index contributed by atoms with van der Waals surface area (Å²) in [5.74, 6) is 1.71. The zero-order valence-electron chi connectivity index (χ0n) is 10.6. The van der Waals surface area contributed by atoms with Gasteiger partial charge in [-0.1, -0.05) is 19.1 Å². The van der Waals surface area contributed by atoms with Gasteiger partial charge in [0.1, 0.15) is 5.82 Å². The number of amides is 1. The van der Waals surface area contributed by atoms with Gasteiger partial charge in [0.2, 0.25) is 5.91 Å². The van der Waals surface area contributed by atoms with Crippen molar-refractivity contribution in [3.63, 3.8) is 0 Å². The summed E-state index contributed by atoms with van der Waals surface area (Å²) in [6.45, 7) is 4.07. The van der Waals surface area contributed by atoms with E-state index in [0.29, 0.717) is 5.92 Å². The Labute approximate surface area is 106 Å². The van der Waals surface area contributed by atoms with E-state index in [-0.39, 0.29) is 17.9 Å². The molecule has 1 saturated carbocycles. The van der Waals surface area contributed by atoms with Crippen molar-refractivity contribution in [2.45, 2.75) is 26.3 Å². The van der Waals surface area contributed by atoms with Crippen LogP contribution in [-0.2, 0) is 4.79 Å². The molecule has 1 amide bonds. The summed E-state index contributed by atoms with van der Waals surface area (Å²) in [4.78, 5) is 19.6. The lowest BCUT2D eigenvalue weighted by atomic mass is 10.2. The van der Waals surface area contributed by atoms with E-state index in [0.717, 1.165) is 23.3 Å². The summed E-state index contributed by atoms with van der Waals surface area (Å²) in [6, 6.07) is 7.82. The van der Waals surface area contributed by atoms with Gasteiger partial charge in [0.15, 0.2) is 0 Å². The molecule has 3 unspecified atom stereocenters. The minimum Gasteiger partial charge on any atom is -0.346 e. The maximum atomic E-state index is 11.9. The van der Waals surface area contributed by atoms with Crippen molar-refractivity contribution >= 4 is 16.9 Å². The number of carbonyl (C=O) groups is 1. The smallest absolute Gasteiger partial charge is 0.223 e. The molecule has 0 saturated heterocycles. The number of hydrogen-bond donors (Lipinski definition) is 2. The van der Waals surface area contributed by atoms with E-state index >= 15 is 0 Å². The third kappa shape index (κ3) is 1.98. The van der Waals surface area contributed by atoms with E-state index in [1.165, 1.54) is 0 Å². The first-order valence-electron chi connectivity index (χ1n) is 6.40. The fraction of sp³-hybridized carbons (Fsp3) is 0.429. The molecule has 18 heavy (non-hydrogen) atoms. The highest BCUT2D eigenvalue weighted by Gasteiger charge is 2.39. The number of H-pyrrole nitrogens is 1. The zero-order chi connectivity index (χ0) is 12.7. The Morgan fingerprint density at radius 2 is 2.22 bits per heavy atom. The van der Waals surface area contributed by atoms with Crippen molar-refractivity contribution < 1.29 is 4.79 Å². The van der Waals surface area contributed by atoms with Crippen molar-refractivity contribution in [3.8, 4) is 0 Å². The van der Waals surface area contributed by atoms with Crippen molar-refractivity contribution in [2.75, 3.05) is 0 Å². The van der Waals surface area contributed by atoms with Crippen molar-refractivity contribution in [1.82, 2.24) is 15.3 Å². The van der Waals surface area contributed by atoms with Crippen molar-refractivity contribution in [3.05, 3.63) is 30.1 Å². The number of para-hydroxylation sites is 2. The lowest BCUT2D eigenvalue weighted by molar-refractivity contribution is -0.123. The van der Waals surface area contributed by atoms with Crippen LogP contribution in [0.4, 0.5) is 0 Å². The number of hydrogen-bond acceptors (Lipinski definition) is 2. The Hall–Kier alpha value is -1.84. The monoisotopic (exact) mass is 243 g/mol. The van der Waals surface area contributed by atoms with Crippen LogP contribution in [0, 0.1) is 11.8 Å². The Morgan fingerprint density at radius 1 is 1.50 bits per heavy atom. The van der Waals surface area contributed by atoms with Gasteiger partial charge in [-0.25, -0.2) is 4.98 Å². The third-order valence-corrected chi connectivity index (χ3v) is 3.62. The first-order valence-corrected chi connectivity index (χ1v) is 6.40. The van der Waals surface area contributed by atoms with Crippen LogP contribution in [-0.4, -0.2) is 15.9 Å². The van der Waals surface area contributed by atoms with Crippen LogP contribution in [0.3, 0.4) is 0 Å². The third-order valence-electron chi connectivity index (χ3n) is 3.62. The molecule has 0 bridgehead atoms. The first kappa shape index (κ1) is 11.3. The van der Waals surface area contributed by atoms with Gasteiger partial charge in [-0.05, 0) is 31.4 Å². The number of fused-ring (bicyclic) bond motifs is 1. The molecule has 0 radical (unpaired) electrons. The van der Waals surface area contributed by atoms with Crippen molar-refractivity contribution in [1.29, 1.82) is 0 Å². The average Bonchev–Trinajstić information content (AvgIpc) is 2.93. The van der Waals surface area contributed by atoms with Gasteiger partial charge in [-0.2, -0.15) is 0 Å². The molecular formula is C14H17N3O. The van der Waals surface area contributed by atoms with Crippen LogP contribution in [0.2, 0.25) is 0 Å². The number of aromatic amines is 1.